The van der Waals surface area contributed by atoms with Crippen LogP contribution >= 0.6 is 0 Å². The van der Waals surface area contributed by atoms with Crippen LogP contribution < -0.4 is 10.6 Å². The Morgan fingerprint density at radius 2 is 2.11 bits per heavy atom. The fourth-order valence-electron chi connectivity index (χ4n) is 2.21. The maximum absolute atomic E-state index is 11.8. The highest BCUT2D eigenvalue weighted by atomic mass is 16.3. The molecule has 1 aromatic rings. The topological polar surface area (TPSA) is 81.6 Å². The third-order valence-electron chi connectivity index (χ3n) is 3.19. The van der Waals surface area contributed by atoms with E-state index in [1.165, 1.54) is 24.6 Å². The largest absolute Gasteiger partial charge is 0.507 e. The van der Waals surface area contributed by atoms with E-state index < -0.39 is 5.91 Å². The summed E-state index contributed by atoms with van der Waals surface area (Å²) in [6.07, 6.45) is 3.18. The lowest BCUT2D eigenvalue weighted by Gasteiger charge is -2.11. The molecule has 0 radical (unpaired) electrons. The molecule has 2 rings (SSSR count). The number of carbonyl (C=O) groups is 1. The molecule has 5 nitrogen and oxygen atoms in total. The number of benzene rings is 1. The van der Waals surface area contributed by atoms with Gasteiger partial charge in [-0.15, -0.1) is 0 Å². The second kappa shape index (κ2) is 5.73. The van der Waals surface area contributed by atoms with Crippen molar-refractivity contribution in [2.24, 2.45) is 0 Å². The van der Waals surface area contributed by atoms with Gasteiger partial charge in [-0.2, -0.15) is 0 Å². The minimum Gasteiger partial charge on any atom is -0.507 e. The predicted molar refractivity (Wildman–Crippen MR) is 67.7 cm³/mol. The molecule has 1 aliphatic heterocycles. The Morgan fingerprint density at radius 1 is 1.39 bits per heavy atom. The molecular weight excluding hydrogens is 232 g/mol. The second-order valence-corrected chi connectivity index (χ2v) is 4.51. The second-order valence-electron chi connectivity index (χ2n) is 4.51. The summed E-state index contributed by atoms with van der Waals surface area (Å²) in [6.45, 7) is 1.57. The van der Waals surface area contributed by atoms with Crippen LogP contribution in [0, 0.1) is 0 Å². The number of hydrogen-bond donors (Lipinski definition) is 4. The number of rotatable bonds is 4. The quantitative estimate of drug-likeness (QED) is 0.642. The summed E-state index contributed by atoms with van der Waals surface area (Å²) in [6, 6.07) is 4.72. The summed E-state index contributed by atoms with van der Waals surface area (Å²) in [7, 11) is 0. The van der Waals surface area contributed by atoms with E-state index in [9.17, 15) is 15.0 Å². The van der Waals surface area contributed by atoms with E-state index in [1.807, 2.05) is 0 Å². The van der Waals surface area contributed by atoms with Gasteiger partial charge in [-0.1, -0.05) is 6.07 Å². The van der Waals surface area contributed by atoms with E-state index in [0.717, 1.165) is 19.4 Å². The zero-order chi connectivity index (χ0) is 13.0. The van der Waals surface area contributed by atoms with Crippen LogP contribution in [-0.2, 0) is 0 Å². The van der Waals surface area contributed by atoms with E-state index in [2.05, 4.69) is 10.6 Å². The number of hydrogen-bond acceptors (Lipinski definition) is 4. The first-order valence-electron chi connectivity index (χ1n) is 6.21. The molecule has 98 valence electrons. The summed E-state index contributed by atoms with van der Waals surface area (Å²) in [5.74, 6) is -0.846. The number of phenolic OH excluding ortho intramolecular Hbond substituents is 2. The third kappa shape index (κ3) is 2.92. The van der Waals surface area contributed by atoms with Crippen molar-refractivity contribution in [3.05, 3.63) is 23.8 Å². The van der Waals surface area contributed by atoms with Crippen LogP contribution in [0.4, 0.5) is 0 Å². The van der Waals surface area contributed by atoms with Crippen molar-refractivity contribution >= 4 is 5.91 Å². The van der Waals surface area contributed by atoms with Gasteiger partial charge in [-0.3, -0.25) is 4.79 Å². The Labute approximate surface area is 106 Å². The zero-order valence-electron chi connectivity index (χ0n) is 10.1. The van der Waals surface area contributed by atoms with Gasteiger partial charge in [-0.25, -0.2) is 0 Å². The van der Waals surface area contributed by atoms with Crippen LogP contribution in [0.3, 0.4) is 0 Å². The summed E-state index contributed by atoms with van der Waals surface area (Å²) in [5.41, 5.74) is -0.0584. The van der Waals surface area contributed by atoms with Gasteiger partial charge in [0.05, 0.1) is 0 Å². The minimum atomic E-state index is -0.441. The molecule has 1 amide bonds. The molecule has 5 heteroatoms. The van der Waals surface area contributed by atoms with Crippen molar-refractivity contribution in [3.8, 4) is 11.5 Å². The van der Waals surface area contributed by atoms with Gasteiger partial charge in [0, 0.05) is 12.6 Å². The van der Waals surface area contributed by atoms with Gasteiger partial charge >= 0.3 is 0 Å². The smallest absolute Gasteiger partial charge is 0.258 e. The first-order valence-corrected chi connectivity index (χ1v) is 6.21. The van der Waals surface area contributed by atoms with Crippen LogP contribution in [0.2, 0.25) is 0 Å². The van der Waals surface area contributed by atoms with E-state index in [0.29, 0.717) is 12.6 Å². The Bertz CT molecular complexity index is 408. The van der Waals surface area contributed by atoms with Gasteiger partial charge in [0.25, 0.3) is 5.91 Å². The standard InChI is InChI=1S/C13H18N2O3/c16-10-4-1-5-11(17)12(10)13(18)15-8-6-9-3-2-7-14-9/h1,4-5,9,14,16-17H,2-3,6-8H2,(H,15,18)/t9-/m1/s1. The monoisotopic (exact) mass is 250 g/mol. The summed E-state index contributed by atoms with van der Waals surface area (Å²) in [5, 5.41) is 25.1. The summed E-state index contributed by atoms with van der Waals surface area (Å²) in [4.78, 5) is 11.8. The van der Waals surface area contributed by atoms with Crippen molar-refractivity contribution in [2.75, 3.05) is 13.1 Å². The molecule has 0 bridgehead atoms. The third-order valence-corrected chi connectivity index (χ3v) is 3.19. The maximum Gasteiger partial charge on any atom is 0.258 e. The number of carbonyl (C=O) groups excluding carboxylic acids is 1. The lowest BCUT2D eigenvalue weighted by Crippen LogP contribution is -2.30. The van der Waals surface area contributed by atoms with Gasteiger partial charge in [0.15, 0.2) is 0 Å². The number of amides is 1. The van der Waals surface area contributed by atoms with Gasteiger partial charge in [0.2, 0.25) is 0 Å². The molecule has 0 aliphatic carbocycles. The fraction of sp³-hybridized carbons (Fsp3) is 0.462. The molecule has 1 aromatic carbocycles. The Morgan fingerprint density at radius 3 is 2.72 bits per heavy atom. The fourth-order valence-corrected chi connectivity index (χ4v) is 2.21. The molecule has 1 fully saturated rings. The lowest BCUT2D eigenvalue weighted by atomic mass is 10.1. The molecule has 4 N–H and O–H groups in total. The predicted octanol–water partition coefficient (Wildman–Crippen LogP) is 0.970. The van der Waals surface area contributed by atoms with Gasteiger partial charge in [0.1, 0.15) is 17.1 Å². The van der Waals surface area contributed by atoms with Crippen molar-refractivity contribution in [2.45, 2.75) is 25.3 Å². The van der Waals surface area contributed by atoms with Crippen molar-refractivity contribution in [1.29, 1.82) is 0 Å². The molecule has 1 aliphatic rings. The first-order chi connectivity index (χ1) is 8.68. The average Bonchev–Trinajstić information content (AvgIpc) is 2.82. The molecule has 0 unspecified atom stereocenters. The van der Waals surface area contributed by atoms with E-state index in [4.69, 9.17) is 0 Å². The zero-order valence-corrected chi connectivity index (χ0v) is 10.1. The minimum absolute atomic E-state index is 0.0584. The highest BCUT2D eigenvalue weighted by Gasteiger charge is 2.17. The number of aromatic hydroxyl groups is 2. The van der Waals surface area contributed by atoms with Crippen LogP contribution in [0.5, 0.6) is 11.5 Å². The van der Waals surface area contributed by atoms with Crippen LogP contribution in [0.25, 0.3) is 0 Å². The van der Waals surface area contributed by atoms with Crippen molar-refractivity contribution < 1.29 is 15.0 Å². The van der Waals surface area contributed by atoms with Crippen molar-refractivity contribution in [1.82, 2.24) is 10.6 Å². The highest BCUT2D eigenvalue weighted by molar-refractivity contribution is 5.99. The molecule has 0 saturated carbocycles. The van der Waals surface area contributed by atoms with Crippen LogP contribution in [0.15, 0.2) is 18.2 Å². The van der Waals surface area contributed by atoms with E-state index in [-0.39, 0.29) is 17.1 Å². The van der Waals surface area contributed by atoms with E-state index in [1.54, 1.807) is 0 Å². The average molecular weight is 250 g/mol. The molecule has 1 saturated heterocycles. The van der Waals surface area contributed by atoms with Gasteiger partial charge < -0.3 is 20.8 Å². The van der Waals surface area contributed by atoms with Crippen LogP contribution in [-0.4, -0.2) is 35.3 Å². The first kappa shape index (κ1) is 12.7. The van der Waals surface area contributed by atoms with Crippen molar-refractivity contribution in [3.63, 3.8) is 0 Å². The SMILES string of the molecule is O=C(NCC[C@H]1CCCN1)c1c(O)cccc1O. The lowest BCUT2D eigenvalue weighted by molar-refractivity contribution is 0.0947. The number of nitrogens with one attached hydrogen (secondary N) is 2. The Kier molecular flexibility index (Phi) is 4.04. The summed E-state index contributed by atoms with van der Waals surface area (Å²) >= 11 is 0. The Balaban J connectivity index is 1.87. The normalized spacial score (nSPS) is 18.8. The summed E-state index contributed by atoms with van der Waals surface area (Å²) < 4.78 is 0. The molecule has 0 spiro atoms. The van der Waals surface area contributed by atoms with Crippen LogP contribution in [0.1, 0.15) is 29.6 Å². The Hall–Kier alpha value is -1.75. The molecule has 1 heterocycles. The molecule has 0 aromatic heterocycles. The molecular formula is C13H18N2O3. The van der Waals surface area contributed by atoms with E-state index >= 15 is 0 Å². The number of phenols is 2. The molecule has 18 heavy (non-hydrogen) atoms. The maximum atomic E-state index is 11.8. The molecule has 1 atom stereocenters. The van der Waals surface area contributed by atoms with Gasteiger partial charge in [-0.05, 0) is 37.9 Å². The highest BCUT2D eigenvalue weighted by Crippen LogP contribution is 2.25.